The van der Waals surface area contributed by atoms with E-state index in [1.54, 1.807) is 0 Å². The molecule has 0 aliphatic carbocycles. The molecule has 116 valence electrons. The Kier molecular flexibility index (Phi) is 6.54. The number of guanidine groups is 1. The number of rotatable bonds is 5. The van der Waals surface area contributed by atoms with Gasteiger partial charge in [-0.3, -0.25) is 4.99 Å². The molecule has 1 aromatic rings. The Morgan fingerprint density at radius 3 is 2.48 bits per heavy atom. The van der Waals surface area contributed by atoms with Crippen LogP contribution in [-0.4, -0.2) is 37.0 Å². The molecule has 4 nitrogen and oxygen atoms in total. The van der Waals surface area contributed by atoms with E-state index in [1.165, 1.54) is 44.3 Å². The first-order valence-corrected chi connectivity index (χ1v) is 8.10. The zero-order valence-corrected chi connectivity index (χ0v) is 13.1. The van der Waals surface area contributed by atoms with Crippen LogP contribution in [0, 0.1) is 6.92 Å². The molecule has 1 aromatic carbocycles. The Morgan fingerprint density at radius 1 is 1.14 bits per heavy atom. The Hall–Kier alpha value is -1.55. The van der Waals surface area contributed by atoms with Gasteiger partial charge in [-0.2, -0.15) is 0 Å². The second-order valence-corrected chi connectivity index (χ2v) is 5.87. The predicted octanol–water partition coefficient (Wildman–Crippen LogP) is 2.99. The number of aryl methyl sites for hydroxylation is 1. The first-order valence-electron chi connectivity index (χ1n) is 8.10. The summed E-state index contributed by atoms with van der Waals surface area (Å²) in [6, 6.07) is 8.17. The number of anilines is 1. The van der Waals surface area contributed by atoms with Gasteiger partial charge >= 0.3 is 0 Å². The van der Waals surface area contributed by atoms with Gasteiger partial charge < -0.3 is 16.0 Å². The van der Waals surface area contributed by atoms with Crippen molar-refractivity contribution in [1.29, 1.82) is 0 Å². The Labute approximate surface area is 128 Å². The van der Waals surface area contributed by atoms with Crippen molar-refractivity contribution in [3.05, 3.63) is 29.8 Å². The molecule has 1 saturated heterocycles. The summed E-state index contributed by atoms with van der Waals surface area (Å²) >= 11 is 0. The van der Waals surface area contributed by atoms with E-state index in [2.05, 4.69) is 34.3 Å². The molecular formula is C17H28N4. The van der Waals surface area contributed by atoms with Crippen LogP contribution in [0.25, 0.3) is 0 Å². The van der Waals surface area contributed by atoms with E-state index in [0.717, 1.165) is 25.2 Å². The number of hydrogen-bond donors (Lipinski definition) is 2. The lowest BCUT2D eigenvalue weighted by atomic mass is 10.2. The lowest BCUT2D eigenvalue weighted by molar-refractivity contribution is 0.283. The summed E-state index contributed by atoms with van der Waals surface area (Å²) in [6.07, 6.45) is 6.56. The largest absolute Gasteiger partial charge is 0.370 e. The molecule has 1 heterocycles. The molecule has 0 radical (unpaired) electrons. The minimum atomic E-state index is 0.509. The summed E-state index contributed by atoms with van der Waals surface area (Å²) in [6.45, 7) is 6.51. The van der Waals surface area contributed by atoms with Crippen LogP contribution in [-0.2, 0) is 0 Å². The number of nitrogens with zero attached hydrogens (tertiary/aromatic N) is 2. The summed E-state index contributed by atoms with van der Waals surface area (Å²) in [5, 5.41) is 3.13. The Balaban J connectivity index is 1.67. The monoisotopic (exact) mass is 288 g/mol. The van der Waals surface area contributed by atoms with Gasteiger partial charge in [-0.05, 0) is 58.0 Å². The van der Waals surface area contributed by atoms with Crippen molar-refractivity contribution in [2.75, 3.05) is 31.5 Å². The Morgan fingerprint density at radius 2 is 1.81 bits per heavy atom. The maximum atomic E-state index is 5.91. The molecule has 1 fully saturated rings. The molecule has 1 aliphatic heterocycles. The Bertz CT molecular complexity index is 431. The smallest absolute Gasteiger partial charge is 0.193 e. The fourth-order valence-electron chi connectivity index (χ4n) is 2.68. The lowest BCUT2D eigenvalue weighted by Gasteiger charge is -2.18. The van der Waals surface area contributed by atoms with Crippen LogP contribution in [0.1, 0.15) is 37.7 Å². The second kappa shape index (κ2) is 8.67. The maximum absolute atomic E-state index is 5.91. The molecule has 0 aromatic heterocycles. The molecule has 0 amide bonds. The summed E-state index contributed by atoms with van der Waals surface area (Å²) in [5.74, 6) is 0.509. The van der Waals surface area contributed by atoms with E-state index < -0.39 is 0 Å². The SMILES string of the molecule is Cc1ccc(NC(N)=NCCCN2CCCCCC2)cc1. The first-order chi connectivity index (χ1) is 10.2. The summed E-state index contributed by atoms with van der Waals surface area (Å²) in [4.78, 5) is 6.97. The van der Waals surface area contributed by atoms with Gasteiger partial charge in [-0.15, -0.1) is 0 Å². The van der Waals surface area contributed by atoms with E-state index in [4.69, 9.17) is 5.73 Å². The van der Waals surface area contributed by atoms with E-state index in [9.17, 15) is 0 Å². The fourth-order valence-corrected chi connectivity index (χ4v) is 2.68. The summed E-state index contributed by atoms with van der Waals surface area (Å²) < 4.78 is 0. The van der Waals surface area contributed by atoms with Gasteiger partial charge in [0.1, 0.15) is 0 Å². The van der Waals surface area contributed by atoms with Crippen molar-refractivity contribution >= 4 is 11.6 Å². The average Bonchev–Trinajstić information content (AvgIpc) is 2.75. The minimum Gasteiger partial charge on any atom is -0.370 e. The number of aliphatic imine (C=N–C) groups is 1. The molecule has 21 heavy (non-hydrogen) atoms. The topological polar surface area (TPSA) is 53.6 Å². The van der Waals surface area contributed by atoms with Crippen LogP contribution in [0.4, 0.5) is 5.69 Å². The van der Waals surface area contributed by atoms with Gasteiger partial charge in [-0.1, -0.05) is 30.5 Å². The highest BCUT2D eigenvalue weighted by Crippen LogP contribution is 2.10. The molecule has 0 atom stereocenters. The van der Waals surface area contributed by atoms with Crippen LogP contribution in [0.15, 0.2) is 29.3 Å². The van der Waals surface area contributed by atoms with Crippen molar-refractivity contribution in [3.8, 4) is 0 Å². The fraction of sp³-hybridized carbons (Fsp3) is 0.588. The number of benzene rings is 1. The maximum Gasteiger partial charge on any atom is 0.193 e. The van der Waals surface area contributed by atoms with Crippen molar-refractivity contribution in [2.45, 2.75) is 39.0 Å². The van der Waals surface area contributed by atoms with Gasteiger partial charge in [-0.25, -0.2) is 0 Å². The molecule has 0 unspecified atom stereocenters. The quantitative estimate of drug-likeness (QED) is 0.497. The summed E-state index contributed by atoms with van der Waals surface area (Å²) in [5.41, 5.74) is 8.15. The third kappa shape index (κ3) is 6.17. The highest BCUT2D eigenvalue weighted by Gasteiger charge is 2.07. The van der Waals surface area contributed by atoms with Gasteiger partial charge in [0.15, 0.2) is 5.96 Å². The number of nitrogens with one attached hydrogen (secondary N) is 1. The minimum absolute atomic E-state index is 0.509. The predicted molar refractivity (Wildman–Crippen MR) is 90.8 cm³/mol. The zero-order chi connectivity index (χ0) is 14.9. The third-order valence-corrected chi connectivity index (χ3v) is 3.94. The van der Waals surface area contributed by atoms with Gasteiger partial charge in [0.25, 0.3) is 0 Å². The van der Waals surface area contributed by atoms with Crippen molar-refractivity contribution in [3.63, 3.8) is 0 Å². The van der Waals surface area contributed by atoms with Crippen molar-refractivity contribution in [1.82, 2.24) is 4.90 Å². The van der Waals surface area contributed by atoms with Gasteiger partial charge in [0, 0.05) is 12.2 Å². The van der Waals surface area contributed by atoms with Crippen LogP contribution in [0.3, 0.4) is 0 Å². The van der Waals surface area contributed by atoms with Gasteiger partial charge in [0.2, 0.25) is 0 Å². The molecule has 0 bridgehead atoms. The molecule has 0 spiro atoms. The summed E-state index contributed by atoms with van der Waals surface area (Å²) in [7, 11) is 0. The van der Waals surface area contributed by atoms with E-state index >= 15 is 0 Å². The highest BCUT2D eigenvalue weighted by atomic mass is 15.1. The normalized spacial score (nSPS) is 17.5. The standard InChI is InChI=1S/C17H28N4/c1-15-7-9-16(10-8-15)20-17(18)19-11-6-14-21-12-4-2-3-5-13-21/h7-10H,2-6,11-14H2,1H3,(H3,18,19,20). The molecule has 4 heteroatoms. The number of hydrogen-bond acceptors (Lipinski definition) is 2. The number of likely N-dealkylation sites (tertiary alicyclic amines) is 1. The molecule has 1 aliphatic rings. The van der Waals surface area contributed by atoms with E-state index in [-0.39, 0.29) is 0 Å². The van der Waals surface area contributed by atoms with Crippen LogP contribution >= 0.6 is 0 Å². The van der Waals surface area contributed by atoms with Crippen LogP contribution < -0.4 is 11.1 Å². The number of nitrogens with two attached hydrogens (primary N) is 1. The lowest BCUT2D eigenvalue weighted by Crippen LogP contribution is -2.27. The first kappa shape index (κ1) is 15.8. The van der Waals surface area contributed by atoms with E-state index in [0.29, 0.717) is 5.96 Å². The second-order valence-electron chi connectivity index (χ2n) is 5.87. The van der Waals surface area contributed by atoms with Gasteiger partial charge in [0.05, 0.1) is 0 Å². The molecule has 0 saturated carbocycles. The van der Waals surface area contributed by atoms with Crippen molar-refractivity contribution < 1.29 is 0 Å². The van der Waals surface area contributed by atoms with E-state index in [1.807, 2.05) is 12.1 Å². The average molecular weight is 288 g/mol. The van der Waals surface area contributed by atoms with Crippen LogP contribution in [0.2, 0.25) is 0 Å². The molecule has 3 N–H and O–H groups in total. The molecule has 2 rings (SSSR count). The zero-order valence-electron chi connectivity index (χ0n) is 13.1. The van der Waals surface area contributed by atoms with Crippen LogP contribution in [0.5, 0.6) is 0 Å². The highest BCUT2D eigenvalue weighted by molar-refractivity contribution is 5.92. The third-order valence-electron chi connectivity index (χ3n) is 3.94. The van der Waals surface area contributed by atoms with Crippen molar-refractivity contribution in [2.24, 2.45) is 10.7 Å². The molecular weight excluding hydrogens is 260 g/mol.